The van der Waals surface area contributed by atoms with Crippen LogP contribution in [0.2, 0.25) is 0 Å². The molecule has 0 radical (unpaired) electrons. The van der Waals surface area contributed by atoms with Gasteiger partial charge in [0.2, 0.25) is 0 Å². The highest BCUT2D eigenvalue weighted by Crippen LogP contribution is 2.36. The van der Waals surface area contributed by atoms with E-state index in [0.29, 0.717) is 23.7 Å². The highest BCUT2D eigenvalue weighted by molar-refractivity contribution is 6.08. The monoisotopic (exact) mass is 356 g/mol. The Bertz CT molecular complexity index is 1020. The second-order valence-corrected chi connectivity index (χ2v) is 6.82. The lowest BCUT2D eigenvalue weighted by atomic mass is 10.1. The first-order valence-electron chi connectivity index (χ1n) is 8.96. The molecule has 0 N–H and O–H groups in total. The van der Waals surface area contributed by atoms with Gasteiger partial charge in [-0.3, -0.25) is 9.69 Å². The van der Waals surface area contributed by atoms with Crippen LogP contribution in [0.4, 0.5) is 0 Å². The third-order valence-electron chi connectivity index (χ3n) is 5.29. The van der Waals surface area contributed by atoms with Crippen molar-refractivity contribution >= 4 is 21.8 Å². The van der Waals surface area contributed by atoms with E-state index >= 15 is 0 Å². The van der Waals surface area contributed by atoms with Crippen molar-refractivity contribution in [1.29, 1.82) is 0 Å². The summed E-state index contributed by atoms with van der Waals surface area (Å²) in [5.74, 6) is 1.29. The third kappa shape index (κ3) is 2.63. The van der Waals surface area contributed by atoms with E-state index in [1.54, 1.807) is 25.1 Å². The summed E-state index contributed by atoms with van der Waals surface area (Å²) < 4.78 is 14.3. The molecular formula is C19H24N4O3. The predicted octanol–water partition coefficient (Wildman–Crippen LogP) is 2.35. The molecule has 0 atom stereocenters. The lowest BCUT2D eigenvalue weighted by Crippen LogP contribution is -2.37. The number of ether oxygens (including phenoxy) is 2. The van der Waals surface area contributed by atoms with Gasteiger partial charge in [0, 0.05) is 23.9 Å². The molecule has 1 aliphatic rings. The van der Waals surface area contributed by atoms with E-state index < -0.39 is 0 Å². The van der Waals surface area contributed by atoms with Crippen molar-refractivity contribution in [2.24, 2.45) is 7.05 Å². The molecule has 3 aromatic rings. The first-order valence-corrected chi connectivity index (χ1v) is 8.96. The van der Waals surface area contributed by atoms with Gasteiger partial charge in [0.25, 0.3) is 5.56 Å². The zero-order valence-corrected chi connectivity index (χ0v) is 15.5. The van der Waals surface area contributed by atoms with Crippen LogP contribution in [-0.4, -0.2) is 46.6 Å². The number of hydrogen-bond donors (Lipinski definition) is 0. The van der Waals surface area contributed by atoms with E-state index in [2.05, 4.69) is 10.00 Å². The summed E-state index contributed by atoms with van der Waals surface area (Å²) in [5.41, 5.74) is 1.51. The molecule has 0 aliphatic carbocycles. The molecule has 4 rings (SSSR count). The zero-order chi connectivity index (χ0) is 18.3. The quantitative estimate of drug-likeness (QED) is 0.718. The van der Waals surface area contributed by atoms with Gasteiger partial charge in [-0.1, -0.05) is 6.42 Å². The van der Waals surface area contributed by atoms with Crippen LogP contribution in [0.15, 0.2) is 23.1 Å². The van der Waals surface area contributed by atoms with Crippen molar-refractivity contribution in [3.05, 3.63) is 28.7 Å². The van der Waals surface area contributed by atoms with Gasteiger partial charge in [-0.05, 0) is 32.0 Å². The SMILES string of the molecule is COc1cc2c3cnn(CN4CCCCC4)c(=O)c3n(C)c2cc1OC. The van der Waals surface area contributed by atoms with E-state index in [1.807, 2.05) is 23.7 Å². The number of methoxy groups -OCH3 is 2. The number of likely N-dealkylation sites (tertiary alicyclic amines) is 1. The average molecular weight is 356 g/mol. The number of hydrogen-bond acceptors (Lipinski definition) is 5. The van der Waals surface area contributed by atoms with Gasteiger partial charge in [0.1, 0.15) is 5.52 Å². The number of fused-ring (bicyclic) bond motifs is 3. The molecule has 3 heterocycles. The summed E-state index contributed by atoms with van der Waals surface area (Å²) in [6.07, 6.45) is 5.43. The Kier molecular flexibility index (Phi) is 4.32. The van der Waals surface area contributed by atoms with Crippen molar-refractivity contribution in [1.82, 2.24) is 19.2 Å². The van der Waals surface area contributed by atoms with Crippen molar-refractivity contribution in [2.75, 3.05) is 27.3 Å². The maximum absolute atomic E-state index is 13.1. The lowest BCUT2D eigenvalue weighted by Gasteiger charge is -2.26. The fourth-order valence-corrected chi connectivity index (χ4v) is 3.87. The van der Waals surface area contributed by atoms with E-state index in [0.717, 1.165) is 29.4 Å². The third-order valence-corrected chi connectivity index (χ3v) is 5.29. The molecule has 0 amide bonds. The summed E-state index contributed by atoms with van der Waals surface area (Å²) in [7, 11) is 5.13. The number of piperidine rings is 1. The van der Waals surface area contributed by atoms with Gasteiger partial charge in [0.15, 0.2) is 11.5 Å². The van der Waals surface area contributed by atoms with E-state index in [9.17, 15) is 4.79 Å². The number of nitrogens with zero attached hydrogens (tertiary/aromatic N) is 4. The Morgan fingerprint density at radius 2 is 1.73 bits per heavy atom. The summed E-state index contributed by atoms with van der Waals surface area (Å²) in [6, 6.07) is 3.81. The van der Waals surface area contributed by atoms with E-state index in [1.165, 1.54) is 19.3 Å². The van der Waals surface area contributed by atoms with Crippen molar-refractivity contribution in [2.45, 2.75) is 25.9 Å². The van der Waals surface area contributed by atoms with Gasteiger partial charge in [-0.15, -0.1) is 0 Å². The van der Waals surface area contributed by atoms with Gasteiger partial charge in [0.05, 0.1) is 32.6 Å². The van der Waals surface area contributed by atoms with Crippen LogP contribution >= 0.6 is 0 Å². The highest BCUT2D eigenvalue weighted by atomic mass is 16.5. The van der Waals surface area contributed by atoms with Gasteiger partial charge in [-0.2, -0.15) is 5.10 Å². The highest BCUT2D eigenvalue weighted by Gasteiger charge is 2.18. The molecule has 138 valence electrons. The summed E-state index contributed by atoms with van der Waals surface area (Å²) in [5, 5.41) is 6.22. The fraction of sp³-hybridized carbons (Fsp3) is 0.474. The van der Waals surface area contributed by atoms with Gasteiger partial charge < -0.3 is 14.0 Å². The summed E-state index contributed by atoms with van der Waals surface area (Å²) in [6.45, 7) is 2.59. The Morgan fingerprint density at radius 1 is 1.04 bits per heavy atom. The largest absolute Gasteiger partial charge is 0.493 e. The van der Waals surface area contributed by atoms with Crippen LogP contribution in [0.25, 0.3) is 21.8 Å². The van der Waals surface area contributed by atoms with Crippen LogP contribution in [0, 0.1) is 0 Å². The Morgan fingerprint density at radius 3 is 2.42 bits per heavy atom. The maximum atomic E-state index is 13.1. The van der Waals surface area contributed by atoms with E-state index in [-0.39, 0.29) is 5.56 Å². The Labute approximate surface area is 151 Å². The minimum Gasteiger partial charge on any atom is -0.493 e. The van der Waals surface area contributed by atoms with Crippen LogP contribution < -0.4 is 15.0 Å². The molecular weight excluding hydrogens is 332 g/mol. The lowest BCUT2D eigenvalue weighted by molar-refractivity contribution is 0.170. The van der Waals surface area contributed by atoms with Crippen molar-refractivity contribution in [3.8, 4) is 11.5 Å². The number of benzene rings is 1. The molecule has 1 fully saturated rings. The standard InChI is InChI=1S/C19H24N4O3/c1-21-15-10-17(26-3)16(25-2)9-13(15)14-11-20-23(19(24)18(14)21)12-22-7-5-4-6-8-22/h9-11H,4-8,12H2,1-3H3. The number of aromatic nitrogens is 3. The molecule has 0 saturated carbocycles. The van der Waals surface area contributed by atoms with Gasteiger partial charge in [-0.25, -0.2) is 4.68 Å². The van der Waals surface area contributed by atoms with E-state index in [4.69, 9.17) is 9.47 Å². The fourth-order valence-electron chi connectivity index (χ4n) is 3.87. The molecule has 7 nitrogen and oxygen atoms in total. The minimum atomic E-state index is -0.0651. The number of aryl methyl sites for hydroxylation is 1. The summed E-state index contributed by atoms with van der Waals surface area (Å²) in [4.78, 5) is 15.4. The van der Waals surface area contributed by atoms with Crippen LogP contribution in [-0.2, 0) is 13.7 Å². The molecule has 1 aromatic carbocycles. The minimum absolute atomic E-state index is 0.0651. The first-order chi connectivity index (χ1) is 12.6. The zero-order valence-electron chi connectivity index (χ0n) is 15.5. The summed E-state index contributed by atoms with van der Waals surface area (Å²) >= 11 is 0. The van der Waals surface area contributed by atoms with Crippen LogP contribution in [0.1, 0.15) is 19.3 Å². The average Bonchev–Trinajstić information content (AvgIpc) is 2.95. The molecule has 0 spiro atoms. The van der Waals surface area contributed by atoms with Gasteiger partial charge >= 0.3 is 0 Å². The molecule has 26 heavy (non-hydrogen) atoms. The van der Waals surface area contributed by atoms with Crippen molar-refractivity contribution in [3.63, 3.8) is 0 Å². The first kappa shape index (κ1) is 16.9. The Hall–Kier alpha value is -2.54. The topological polar surface area (TPSA) is 61.5 Å². The smallest absolute Gasteiger partial charge is 0.292 e. The van der Waals surface area contributed by atoms with Crippen LogP contribution in [0.3, 0.4) is 0 Å². The predicted molar refractivity (Wildman–Crippen MR) is 101 cm³/mol. The second kappa shape index (κ2) is 6.64. The molecule has 7 heteroatoms. The normalized spacial score (nSPS) is 15.7. The molecule has 0 bridgehead atoms. The molecule has 2 aromatic heterocycles. The second-order valence-electron chi connectivity index (χ2n) is 6.82. The molecule has 0 unspecified atom stereocenters. The molecule has 1 saturated heterocycles. The van der Waals surface area contributed by atoms with Crippen LogP contribution in [0.5, 0.6) is 11.5 Å². The van der Waals surface area contributed by atoms with Crippen molar-refractivity contribution < 1.29 is 9.47 Å². The Balaban J connectivity index is 1.87. The molecule has 1 aliphatic heterocycles. The number of rotatable bonds is 4. The maximum Gasteiger partial charge on any atom is 0.292 e.